The molecule has 0 radical (unpaired) electrons. The van der Waals surface area contributed by atoms with Crippen LogP contribution in [0.5, 0.6) is 17.2 Å². The molecule has 0 bridgehead atoms. The number of methoxy groups -OCH3 is 1. The number of urea groups is 1. The minimum Gasteiger partial charge on any atom is -0.505 e. The van der Waals surface area contributed by atoms with Crippen LogP contribution in [-0.2, 0) is 28.0 Å². The second-order valence-electron chi connectivity index (χ2n) is 26.4. The number of phenols is 1. The molecular formula is C69H86N10O7S. The van der Waals surface area contributed by atoms with Gasteiger partial charge < -0.3 is 24.7 Å². The van der Waals surface area contributed by atoms with E-state index < -0.39 is 23.4 Å². The summed E-state index contributed by atoms with van der Waals surface area (Å²) in [5.74, 6) is 4.17. The quantitative estimate of drug-likeness (QED) is 0.0253. The van der Waals surface area contributed by atoms with Crippen molar-refractivity contribution in [1.82, 2.24) is 29.2 Å². The van der Waals surface area contributed by atoms with Crippen LogP contribution in [0.25, 0.3) is 27.5 Å². The Morgan fingerprint density at radius 2 is 1.40 bits per heavy atom. The Hall–Kier alpha value is -8.37. The highest BCUT2D eigenvalue weighted by molar-refractivity contribution is 7.82. The average molecular weight is 1200 g/mol. The summed E-state index contributed by atoms with van der Waals surface area (Å²) in [4.78, 5) is 30.9. The van der Waals surface area contributed by atoms with Gasteiger partial charge in [0.1, 0.15) is 34.8 Å². The Kier molecular flexibility index (Phi) is 19.8. The smallest absolute Gasteiger partial charge is 0.323 e. The molecule has 2 amide bonds. The molecule has 1 fully saturated rings. The topological polar surface area (TPSA) is 209 Å². The summed E-state index contributed by atoms with van der Waals surface area (Å²) in [5, 5.41) is 32.3. The summed E-state index contributed by atoms with van der Waals surface area (Å²) >= 11 is -1.72. The maximum atomic E-state index is 12.6. The zero-order valence-corrected chi connectivity index (χ0v) is 54.0. The maximum absolute atomic E-state index is 12.6. The standard InChI is InChI=1S/C27H26N4O2S.C26H42N4O2.C16H18N2O3/c1-18-12-13-19(2)25(14-18)33-34(32)30-24-11-7-10-22(16-24)26-28-27-20(3)23(17-31(27)29-26)15-21-8-5-4-6-9-21;1-15-12-16(24(2,3)4)19(17(13-15)25(5,6)7)21(32-31)20-18(27-11)14-30-22(20)28-23(29-30)26(8,9)10;1-10-7-8-14(21-3)13(9-10)18-16(20)17-12-6-4-5-11(2)15(12)19/h4-14,16-17,30H,15H2,1-3H3,(H,28,29);14-17,19,21,31H,12-13H2,1-10H3,(H,28,29);4-9,19H,1-3H3,(H2,17,18,20). The van der Waals surface area contributed by atoms with Gasteiger partial charge in [-0.1, -0.05) is 142 Å². The van der Waals surface area contributed by atoms with E-state index in [1.165, 1.54) is 11.1 Å². The number of anilines is 3. The van der Waals surface area contributed by atoms with E-state index in [9.17, 15) is 19.4 Å². The minimum absolute atomic E-state index is 0.0406. The maximum Gasteiger partial charge on any atom is 0.323 e. The fourth-order valence-electron chi connectivity index (χ4n) is 11.7. The summed E-state index contributed by atoms with van der Waals surface area (Å²) in [6.07, 6.45) is 6.31. The van der Waals surface area contributed by atoms with E-state index in [0.29, 0.717) is 68.8 Å². The molecule has 1 aliphatic carbocycles. The number of nitrogens with zero attached hydrogens (tertiary/aromatic N) is 5. The SMILES string of the molecule is COc1ccc(C)cc1NC(=O)Nc1cccc(C)c1O.Cc1ccc(C)c(OS(=O)Nc2cccc(-c3nc4c(C)c(Cc5ccccc5)cn4[nH]3)c2)c1.[C-]#[N+]c1cn2[nH]c(C(C)(C)C)nc2c1C(OO)C1C(C(C)(C)C)CC(C)CC1C(C)(C)C. The molecule has 4 aromatic heterocycles. The van der Waals surface area contributed by atoms with Crippen LogP contribution in [0.2, 0.25) is 0 Å². The molecule has 10 rings (SSSR count). The molecule has 18 heteroatoms. The number of benzene rings is 5. The van der Waals surface area contributed by atoms with Crippen molar-refractivity contribution in [3.05, 3.63) is 183 Å². The first-order valence-electron chi connectivity index (χ1n) is 29.5. The highest BCUT2D eigenvalue weighted by atomic mass is 32.2. The largest absolute Gasteiger partial charge is 0.505 e. The van der Waals surface area contributed by atoms with E-state index in [2.05, 4.69) is 137 Å². The van der Waals surface area contributed by atoms with Gasteiger partial charge in [0.15, 0.2) is 11.5 Å². The first kappa shape index (κ1) is 64.6. The predicted octanol–water partition coefficient (Wildman–Crippen LogP) is 17.0. The summed E-state index contributed by atoms with van der Waals surface area (Å²) < 4.78 is 30.1. The number of fused-ring (bicyclic) bond motifs is 2. The summed E-state index contributed by atoms with van der Waals surface area (Å²) in [6, 6.07) is 34.1. The number of aromatic hydroxyl groups is 1. The van der Waals surface area contributed by atoms with Gasteiger partial charge in [0.25, 0.3) is 0 Å². The second-order valence-corrected chi connectivity index (χ2v) is 27.3. The molecule has 1 saturated carbocycles. The van der Waals surface area contributed by atoms with Crippen LogP contribution in [0.3, 0.4) is 0 Å². The van der Waals surface area contributed by atoms with Gasteiger partial charge in [-0.3, -0.25) is 24.7 Å². The Bertz CT molecular complexity index is 3900. The van der Waals surface area contributed by atoms with Crippen LogP contribution < -0.4 is 24.3 Å². The van der Waals surface area contributed by atoms with Gasteiger partial charge in [-0.15, -0.1) is 0 Å². The molecule has 4 unspecified atom stereocenters. The number of carbonyl (C=O) groups excluding carboxylic acids is 1. The first-order chi connectivity index (χ1) is 41.1. The van der Waals surface area contributed by atoms with E-state index >= 15 is 0 Å². The number of H-pyrrole nitrogens is 2. The van der Waals surface area contributed by atoms with Crippen molar-refractivity contribution in [3.63, 3.8) is 0 Å². The average Bonchev–Trinajstić information content (AvgIpc) is 1.76. The van der Waals surface area contributed by atoms with Crippen molar-refractivity contribution in [2.45, 2.75) is 135 Å². The number of aromatic nitrogens is 6. The number of amides is 2. The van der Waals surface area contributed by atoms with Gasteiger partial charge >= 0.3 is 17.3 Å². The lowest BCUT2D eigenvalue weighted by Crippen LogP contribution is -2.46. The number of nitrogens with one attached hydrogen (secondary N) is 5. The van der Waals surface area contributed by atoms with Crippen molar-refractivity contribution in [3.8, 4) is 28.6 Å². The van der Waals surface area contributed by atoms with Crippen molar-refractivity contribution in [2.24, 2.45) is 34.5 Å². The molecule has 87 heavy (non-hydrogen) atoms. The van der Waals surface area contributed by atoms with E-state index in [-0.39, 0.29) is 27.9 Å². The van der Waals surface area contributed by atoms with Crippen LogP contribution in [0.1, 0.15) is 139 Å². The lowest BCUT2D eigenvalue weighted by atomic mass is 9.53. The molecule has 0 saturated heterocycles. The van der Waals surface area contributed by atoms with Gasteiger partial charge in [-0.2, -0.15) is 4.21 Å². The molecule has 4 atom stereocenters. The lowest BCUT2D eigenvalue weighted by Gasteiger charge is -2.53. The number of phenolic OH excluding ortho intramolecular Hbond substituents is 1. The van der Waals surface area contributed by atoms with Crippen molar-refractivity contribution in [1.29, 1.82) is 0 Å². The van der Waals surface area contributed by atoms with Crippen molar-refractivity contribution in [2.75, 3.05) is 22.5 Å². The zero-order valence-electron chi connectivity index (χ0n) is 53.1. The van der Waals surface area contributed by atoms with Crippen LogP contribution in [0.15, 0.2) is 122 Å². The Morgan fingerprint density at radius 3 is 2.03 bits per heavy atom. The Balaban J connectivity index is 0.000000174. The molecule has 4 heterocycles. The molecule has 0 aliphatic heterocycles. The highest BCUT2D eigenvalue weighted by Gasteiger charge is 2.51. The fourth-order valence-corrected chi connectivity index (χ4v) is 12.4. The molecule has 0 spiro atoms. The molecule has 460 valence electrons. The number of carbonyl (C=O) groups is 1. The number of hydrogen-bond acceptors (Lipinski definition) is 9. The van der Waals surface area contributed by atoms with E-state index in [4.69, 9.17) is 30.3 Å². The number of para-hydroxylation sites is 1. The third kappa shape index (κ3) is 15.4. The van der Waals surface area contributed by atoms with Gasteiger partial charge in [-0.05, 0) is 164 Å². The molecule has 1 aliphatic rings. The number of aryl methyl sites for hydroxylation is 5. The number of ether oxygens (including phenoxy) is 1. The zero-order chi connectivity index (χ0) is 63.3. The normalized spacial score (nSPS) is 16.8. The van der Waals surface area contributed by atoms with Crippen LogP contribution in [-0.4, -0.2) is 56.9 Å². The Labute approximate surface area is 514 Å². The molecule has 7 N–H and O–H groups in total. The fraction of sp³-hybridized carbons (Fsp3) is 0.391. The van der Waals surface area contributed by atoms with E-state index in [1.807, 2.05) is 90.5 Å². The Morgan fingerprint density at radius 1 is 0.759 bits per heavy atom. The third-order valence-corrected chi connectivity index (χ3v) is 17.2. The van der Waals surface area contributed by atoms with Gasteiger partial charge in [0, 0.05) is 28.9 Å². The van der Waals surface area contributed by atoms with Crippen LogP contribution in [0.4, 0.5) is 27.5 Å². The predicted molar refractivity (Wildman–Crippen MR) is 349 cm³/mol. The number of hydrogen-bond donors (Lipinski definition) is 7. The van der Waals surface area contributed by atoms with Crippen LogP contribution in [0, 0.1) is 75.7 Å². The number of rotatable bonds is 13. The summed E-state index contributed by atoms with van der Waals surface area (Å²) in [7, 11) is 1.54. The summed E-state index contributed by atoms with van der Waals surface area (Å²) in [6.45, 7) is 39.9. The van der Waals surface area contributed by atoms with Crippen molar-refractivity contribution < 1.29 is 33.2 Å². The summed E-state index contributed by atoms with van der Waals surface area (Å²) in [5.41, 5.74) is 12.6. The van der Waals surface area contributed by atoms with E-state index in [1.54, 1.807) is 44.5 Å². The highest BCUT2D eigenvalue weighted by Crippen LogP contribution is 2.58. The second kappa shape index (κ2) is 26.7. The van der Waals surface area contributed by atoms with Gasteiger partial charge in [0.05, 0.1) is 30.7 Å². The first-order valence-corrected chi connectivity index (χ1v) is 30.6. The molecule has 5 aromatic carbocycles. The van der Waals surface area contributed by atoms with Gasteiger partial charge in [0.2, 0.25) is 5.69 Å². The number of aromatic amines is 2. The monoisotopic (exact) mass is 1200 g/mol. The van der Waals surface area contributed by atoms with Crippen LogP contribution >= 0.6 is 0 Å². The van der Waals surface area contributed by atoms with E-state index in [0.717, 1.165) is 64.4 Å². The minimum atomic E-state index is -1.72. The van der Waals surface area contributed by atoms with Crippen molar-refractivity contribution >= 4 is 51.3 Å². The molecule has 17 nitrogen and oxygen atoms in total. The lowest BCUT2D eigenvalue weighted by molar-refractivity contribution is -0.309. The molecule has 9 aromatic rings. The molecular weight excluding hydrogens is 1110 g/mol. The van der Waals surface area contributed by atoms with Gasteiger partial charge in [-0.25, -0.2) is 29.0 Å². The third-order valence-electron chi connectivity index (χ3n) is 16.4.